The van der Waals surface area contributed by atoms with E-state index in [4.69, 9.17) is 5.84 Å². The average molecular weight is 228 g/mol. The lowest BCUT2D eigenvalue weighted by Crippen LogP contribution is -2.12. The Labute approximate surface area is 95.6 Å². The summed E-state index contributed by atoms with van der Waals surface area (Å²) >= 11 is 1.94. The highest BCUT2D eigenvalue weighted by Gasteiger charge is 2.11. The van der Waals surface area contributed by atoms with Gasteiger partial charge in [0.05, 0.1) is 5.69 Å². The van der Waals surface area contributed by atoms with Crippen LogP contribution in [-0.4, -0.2) is 15.5 Å². The number of nitrogens with two attached hydrogens (primary N) is 1. The summed E-state index contributed by atoms with van der Waals surface area (Å²) in [5, 5.41) is 4.34. The Morgan fingerprint density at radius 3 is 2.87 bits per heavy atom. The molecule has 15 heavy (non-hydrogen) atoms. The highest BCUT2D eigenvalue weighted by Crippen LogP contribution is 2.23. The molecule has 1 aromatic rings. The summed E-state index contributed by atoms with van der Waals surface area (Å²) in [4.78, 5) is 0. The Kier molecular flexibility index (Phi) is 4.98. The number of nitrogens with one attached hydrogen (secondary N) is 1. The number of hydrazine groups is 1. The second-order valence-corrected chi connectivity index (χ2v) is 4.69. The average Bonchev–Trinajstić information content (AvgIpc) is 2.48. The molecular weight excluding hydrogens is 208 g/mol. The quantitative estimate of drug-likeness (QED) is 0.444. The third-order valence-electron chi connectivity index (χ3n) is 2.37. The first kappa shape index (κ1) is 12.4. The summed E-state index contributed by atoms with van der Waals surface area (Å²) in [6.45, 7) is 4.24. The van der Waals surface area contributed by atoms with Gasteiger partial charge in [-0.15, -0.1) is 0 Å². The maximum absolute atomic E-state index is 5.48. The van der Waals surface area contributed by atoms with Crippen molar-refractivity contribution in [1.82, 2.24) is 9.78 Å². The molecular formula is C10H20N4S. The van der Waals surface area contributed by atoms with Gasteiger partial charge in [-0.05, 0) is 19.1 Å². The van der Waals surface area contributed by atoms with Crippen molar-refractivity contribution in [3.05, 3.63) is 11.3 Å². The van der Waals surface area contributed by atoms with E-state index in [1.807, 2.05) is 25.7 Å². The Bertz CT molecular complexity index is 309. The number of anilines is 1. The first-order chi connectivity index (χ1) is 7.20. The van der Waals surface area contributed by atoms with Gasteiger partial charge in [-0.1, -0.05) is 13.3 Å². The Morgan fingerprint density at radius 1 is 1.53 bits per heavy atom. The minimum Gasteiger partial charge on any atom is -0.308 e. The highest BCUT2D eigenvalue weighted by atomic mass is 32.2. The summed E-state index contributed by atoms with van der Waals surface area (Å²) < 4.78 is 1.80. The molecule has 0 aliphatic rings. The van der Waals surface area contributed by atoms with Crippen LogP contribution in [0.25, 0.3) is 0 Å². The Balaban J connectivity index is 2.59. The molecule has 4 nitrogen and oxygen atoms in total. The van der Waals surface area contributed by atoms with Gasteiger partial charge in [0, 0.05) is 18.4 Å². The molecule has 0 spiro atoms. The fraction of sp³-hybridized carbons (Fsp3) is 0.700. The lowest BCUT2D eigenvalue weighted by molar-refractivity contribution is 0.760. The molecule has 5 heteroatoms. The summed E-state index contributed by atoms with van der Waals surface area (Å²) in [5.74, 6) is 8.59. The first-order valence-corrected chi connectivity index (χ1v) is 6.43. The van der Waals surface area contributed by atoms with Crippen LogP contribution < -0.4 is 11.3 Å². The summed E-state index contributed by atoms with van der Waals surface area (Å²) in [6.07, 6.45) is 2.52. The first-order valence-electron chi connectivity index (χ1n) is 5.27. The zero-order valence-electron chi connectivity index (χ0n) is 9.71. The van der Waals surface area contributed by atoms with Crippen LogP contribution in [-0.2, 0) is 12.8 Å². The summed E-state index contributed by atoms with van der Waals surface area (Å²) in [7, 11) is 1.91. The molecule has 0 aliphatic carbocycles. The number of nitrogens with zero attached hydrogens (tertiary/aromatic N) is 2. The van der Waals surface area contributed by atoms with Crippen molar-refractivity contribution in [2.24, 2.45) is 12.9 Å². The number of unbranched alkanes of at least 4 members (excludes halogenated alkanes) is 1. The molecule has 3 N–H and O–H groups in total. The fourth-order valence-electron chi connectivity index (χ4n) is 1.48. The number of hydrogen-bond acceptors (Lipinski definition) is 4. The van der Waals surface area contributed by atoms with Gasteiger partial charge in [-0.2, -0.15) is 16.9 Å². The number of thioether (sulfide) groups is 1. The van der Waals surface area contributed by atoms with Crippen molar-refractivity contribution in [3.63, 3.8) is 0 Å². The number of aryl methyl sites for hydroxylation is 2. The van der Waals surface area contributed by atoms with Crippen LogP contribution in [0.1, 0.15) is 31.0 Å². The number of hydrogen-bond donors (Lipinski definition) is 2. The molecule has 0 radical (unpaired) electrons. The van der Waals surface area contributed by atoms with Gasteiger partial charge in [0.2, 0.25) is 0 Å². The molecule has 0 amide bonds. The monoisotopic (exact) mass is 228 g/mol. The van der Waals surface area contributed by atoms with Crippen LogP contribution in [0.5, 0.6) is 0 Å². The van der Waals surface area contributed by atoms with Crippen molar-refractivity contribution < 1.29 is 0 Å². The predicted octanol–water partition coefficient (Wildman–Crippen LogP) is 2.05. The highest BCUT2D eigenvalue weighted by molar-refractivity contribution is 7.98. The van der Waals surface area contributed by atoms with Crippen LogP contribution in [0.4, 0.5) is 5.82 Å². The fourth-order valence-corrected chi connectivity index (χ4v) is 2.66. The second-order valence-electron chi connectivity index (χ2n) is 3.59. The zero-order chi connectivity index (χ0) is 11.3. The van der Waals surface area contributed by atoms with E-state index >= 15 is 0 Å². The predicted molar refractivity (Wildman–Crippen MR) is 66.8 cm³/mol. The lowest BCUT2D eigenvalue weighted by Gasteiger charge is -2.05. The number of rotatable bonds is 6. The molecule has 0 bridgehead atoms. The minimum atomic E-state index is 0.927. The number of aromatic nitrogens is 2. The van der Waals surface area contributed by atoms with E-state index in [2.05, 4.69) is 17.4 Å². The third kappa shape index (κ3) is 3.14. The second kappa shape index (κ2) is 6.02. The van der Waals surface area contributed by atoms with Crippen LogP contribution in [0.15, 0.2) is 0 Å². The van der Waals surface area contributed by atoms with Crippen LogP contribution in [0.3, 0.4) is 0 Å². The van der Waals surface area contributed by atoms with Gasteiger partial charge < -0.3 is 5.43 Å². The van der Waals surface area contributed by atoms with E-state index < -0.39 is 0 Å². The Hall–Kier alpha value is -0.680. The van der Waals surface area contributed by atoms with Gasteiger partial charge in [0.25, 0.3) is 0 Å². The normalized spacial score (nSPS) is 10.7. The minimum absolute atomic E-state index is 0.927. The van der Waals surface area contributed by atoms with Crippen LogP contribution >= 0.6 is 11.8 Å². The molecule has 0 aromatic carbocycles. The largest absolute Gasteiger partial charge is 0.308 e. The van der Waals surface area contributed by atoms with Gasteiger partial charge in [0.1, 0.15) is 5.82 Å². The molecule has 0 saturated heterocycles. The molecule has 1 aromatic heterocycles. The maximum Gasteiger partial charge on any atom is 0.142 e. The molecule has 1 heterocycles. The van der Waals surface area contributed by atoms with E-state index in [0.717, 1.165) is 17.3 Å². The van der Waals surface area contributed by atoms with Gasteiger partial charge in [-0.3, -0.25) is 4.68 Å². The van der Waals surface area contributed by atoms with Crippen molar-refractivity contribution in [2.45, 2.75) is 32.4 Å². The third-order valence-corrected chi connectivity index (χ3v) is 3.44. The van der Waals surface area contributed by atoms with Crippen LogP contribution in [0.2, 0.25) is 0 Å². The van der Waals surface area contributed by atoms with Crippen molar-refractivity contribution >= 4 is 17.6 Å². The molecule has 0 aliphatic heterocycles. The van der Waals surface area contributed by atoms with E-state index in [1.165, 1.54) is 24.2 Å². The molecule has 0 fully saturated rings. The van der Waals surface area contributed by atoms with Gasteiger partial charge in [-0.25, -0.2) is 5.84 Å². The SMILES string of the molecule is CCCCSCc1c(C)nn(C)c1NN. The standard InChI is InChI=1S/C10H20N4S/c1-4-5-6-15-7-9-8(2)13-14(3)10(9)12-11/h12H,4-7,11H2,1-3H3. The Morgan fingerprint density at radius 2 is 2.27 bits per heavy atom. The van der Waals surface area contributed by atoms with E-state index in [1.54, 1.807) is 4.68 Å². The van der Waals surface area contributed by atoms with Crippen molar-refractivity contribution in [3.8, 4) is 0 Å². The van der Waals surface area contributed by atoms with Crippen molar-refractivity contribution in [1.29, 1.82) is 0 Å². The maximum atomic E-state index is 5.48. The van der Waals surface area contributed by atoms with Crippen LogP contribution in [0, 0.1) is 6.92 Å². The van der Waals surface area contributed by atoms with E-state index in [-0.39, 0.29) is 0 Å². The topological polar surface area (TPSA) is 55.9 Å². The zero-order valence-corrected chi connectivity index (χ0v) is 10.5. The summed E-state index contributed by atoms with van der Waals surface area (Å²) in [6, 6.07) is 0. The van der Waals surface area contributed by atoms with Gasteiger partial charge >= 0.3 is 0 Å². The smallest absolute Gasteiger partial charge is 0.142 e. The number of nitrogen functional groups attached to an aromatic ring is 1. The summed E-state index contributed by atoms with van der Waals surface area (Å²) in [5.41, 5.74) is 5.00. The van der Waals surface area contributed by atoms with E-state index in [9.17, 15) is 0 Å². The van der Waals surface area contributed by atoms with Crippen molar-refractivity contribution in [2.75, 3.05) is 11.2 Å². The molecule has 0 unspecified atom stereocenters. The van der Waals surface area contributed by atoms with E-state index in [0.29, 0.717) is 0 Å². The molecule has 1 rings (SSSR count). The molecule has 0 saturated carbocycles. The molecule has 86 valence electrons. The molecule has 0 atom stereocenters. The lowest BCUT2D eigenvalue weighted by atomic mass is 10.3. The van der Waals surface area contributed by atoms with Gasteiger partial charge in [0.15, 0.2) is 0 Å².